The van der Waals surface area contributed by atoms with Gasteiger partial charge in [0.25, 0.3) is 0 Å². The number of fused-ring (bicyclic) bond motifs is 3. The van der Waals surface area contributed by atoms with Crippen LogP contribution in [0.25, 0.3) is 0 Å². The molecule has 1 unspecified atom stereocenters. The van der Waals surface area contributed by atoms with Crippen molar-refractivity contribution in [2.75, 3.05) is 31.1 Å². The predicted molar refractivity (Wildman–Crippen MR) is 99.2 cm³/mol. The van der Waals surface area contributed by atoms with Crippen LogP contribution in [0.15, 0.2) is 48.5 Å². The summed E-state index contributed by atoms with van der Waals surface area (Å²) in [6.45, 7) is 5.19. The molecule has 2 aromatic carbocycles. The van der Waals surface area contributed by atoms with Gasteiger partial charge >= 0.3 is 0 Å². The Kier molecular flexibility index (Phi) is 4.35. The van der Waals surface area contributed by atoms with Crippen LogP contribution in [-0.2, 0) is 17.6 Å². The van der Waals surface area contributed by atoms with Gasteiger partial charge in [0.1, 0.15) is 5.75 Å². The molecular weight excluding hydrogens is 312 g/mol. The molecule has 0 aromatic heterocycles. The molecule has 0 saturated carbocycles. The molecule has 130 valence electrons. The maximum Gasteiger partial charge on any atom is 0.227 e. The van der Waals surface area contributed by atoms with Crippen molar-refractivity contribution < 1.29 is 9.53 Å². The second-order valence-corrected chi connectivity index (χ2v) is 6.77. The predicted octanol–water partition coefficient (Wildman–Crippen LogP) is 2.90. The highest BCUT2D eigenvalue weighted by atomic mass is 16.5. The van der Waals surface area contributed by atoms with Gasteiger partial charge in [-0.25, -0.2) is 0 Å². The summed E-state index contributed by atoms with van der Waals surface area (Å²) in [4.78, 5) is 17.2. The van der Waals surface area contributed by atoms with E-state index in [0.717, 1.165) is 37.4 Å². The number of hydrogen-bond acceptors (Lipinski definition) is 3. The first-order chi connectivity index (χ1) is 12.2. The van der Waals surface area contributed by atoms with Gasteiger partial charge in [-0.2, -0.15) is 0 Å². The first-order valence-electron chi connectivity index (χ1n) is 9.08. The summed E-state index contributed by atoms with van der Waals surface area (Å²) in [5.74, 6) is 1.08. The second-order valence-electron chi connectivity index (χ2n) is 6.77. The highest BCUT2D eigenvalue weighted by Gasteiger charge is 2.35. The fourth-order valence-electron chi connectivity index (χ4n) is 3.95. The number of carbonyl (C=O) groups excluding carboxylic acids is 1. The molecule has 0 bridgehead atoms. The number of carbonyl (C=O) groups is 1. The van der Waals surface area contributed by atoms with Crippen LogP contribution in [0.2, 0.25) is 0 Å². The maximum absolute atomic E-state index is 12.7. The molecule has 4 nitrogen and oxygen atoms in total. The number of amides is 1. The van der Waals surface area contributed by atoms with Crippen LogP contribution < -0.4 is 9.64 Å². The third-order valence-electron chi connectivity index (χ3n) is 5.18. The number of benzene rings is 2. The van der Waals surface area contributed by atoms with E-state index in [1.165, 1.54) is 11.3 Å². The van der Waals surface area contributed by atoms with Gasteiger partial charge in [0.15, 0.2) is 0 Å². The molecule has 0 aliphatic carbocycles. The number of para-hydroxylation sites is 1. The van der Waals surface area contributed by atoms with Crippen LogP contribution in [0.3, 0.4) is 0 Å². The number of anilines is 1. The molecular formula is C21H24N2O2. The normalized spacial score (nSPS) is 18.7. The van der Waals surface area contributed by atoms with E-state index in [-0.39, 0.29) is 5.91 Å². The monoisotopic (exact) mass is 336 g/mol. The number of nitrogens with zero attached hydrogens (tertiary/aromatic N) is 2. The summed E-state index contributed by atoms with van der Waals surface area (Å²) >= 11 is 0. The Morgan fingerprint density at radius 2 is 1.92 bits per heavy atom. The molecule has 2 aromatic rings. The molecule has 4 rings (SSSR count). The van der Waals surface area contributed by atoms with E-state index in [0.29, 0.717) is 19.1 Å². The minimum atomic E-state index is 0.222. The zero-order valence-electron chi connectivity index (χ0n) is 14.6. The van der Waals surface area contributed by atoms with Crippen molar-refractivity contribution >= 4 is 11.6 Å². The van der Waals surface area contributed by atoms with Crippen molar-refractivity contribution in [2.24, 2.45) is 0 Å². The van der Waals surface area contributed by atoms with Crippen LogP contribution >= 0.6 is 0 Å². The van der Waals surface area contributed by atoms with Crippen LogP contribution in [0.5, 0.6) is 5.75 Å². The van der Waals surface area contributed by atoms with Crippen molar-refractivity contribution in [3.8, 4) is 5.75 Å². The van der Waals surface area contributed by atoms with E-state index in [1.54, 1.807) is 0 Å². The van der Waals surface area contributed by atoms with E-state index in [4.69, 9.17) is 4.74 Å². The van der Waals surface area contributed by atoms with Gasteiger partial charge in [0.05, 0.1) is 19.1 Å². The molecule has 1 amide bonds. The highest BCUT2D eigenvalue weighted by Crippen LogP contribution is 2.33. The lowest BCUT2D eigenvalue weighted by Gasteiger charge is -2.39. The van der Waals surface area contributed by atoms with Crippen molar-refractivity contribution in [3.05, 3.63) is 59.7 Å². The van der Waals surface area contributed by atoms with Crippen molar-refractivity contribution in [1.82, 2.24) is 4.90 Å². The SMILES string of the molecule is CCOc1ccc(CC(=O)N2CCN3c4ccccc4CC3C2)cc1. The molecule has 1 atom stereocenters. The Labute approximate surface area is 149 Å². The molecule has 1 fully saturated rings. The van der Waals surface area contributed by atoms with Gasteiger partial charge in [-0.05, 0) is 42.7 Å². The smallest absolute Gasteiger partial charge is 0.227 e. The molecule has 4 heteroatoms. The third-order valence-corrected chi connectivity index (χ3v) is 5.18. The van der Waals surface area contributed by atoms with Crippen molar-refractivity contribution in [3.63, 3.8) is 0 Å². The summed E-state index contributed by atoms with van der Waals surface area (Å²) < 4.78 is 5.46. The molecule has 2 aliphatic rings. The lowest BCUT2D eigenvalue weighted by atomic mass is 10.1. The largest absolute Gasteiger partial charge is 0.494 e. The second kappa shape index (κ2) is 6.79. The van der Waals surface area contributed by atoms with Crippen molar-refractivity contribution in [1.29, 1.82) is 0 Å². The van der Waals surface area contributed by atoms with Crippen LogP contribution in [0, 0.1) is 0 Å². The highest BCUT2D eigenvalue weighted by molar-refractivity contribution is 5.79. The Bertz CT molecular complexity index is 757. The Morgan fingerprint density at radius 3 is 2.72 bits per heavy atom. The topological polar surface area (TPSA) is 32.8 Å². The minimum absolute atomic E-state index is 0.222. The minimum Gasteiger partial charge on any atom is -0.494 e. The Morgan fingerprint density at radius 1 is 1.12 bits per heavy atom. The average molecular weight is 336 g/mol. The summed E-state index contributed by atoms with van der Waals surface area (Å²) in [6.07, 6.45) is 1.51. The zero-order chi connectivity index (χ0) is 17.2. The van der Waals surface area contributed by atoms with Crippen LogP contribution in [-0.4, -0.2) is 43.1 Å². The Balaban J connectivity index is 1.38. The number of piperazine rings is 1. The standard InChI is InChI=1S/C21H24N2O2/c1-2-25-19-9-7-16(8-10-19)13-21(24)22-11-12-23-18(15-22)14-17-5-3-4-6-20(17)23/h3-10,18H,2,11-15H2,1H3. The fraction of sp³-hybridized carbons (Fsp3) is 0.381. The maximum atomic E-state index is 12.7. The van der Waals surface area contributed by atoms with Crippen LogP contribution in [0.4, 0.5) is 5.69 Å². The molecule has 0 radical (unpaired) electrons. The van der Waals surface area contributed by atoms with Crippen LogP contribution in [0.1, 0.15) is 18.1 Å². The molecule has 0 N–H and O–H groups in total. The number of rotatable bonds is 4. The number of ether oxygens (including phenoxy) is 1. The van der Waals surface area contributed by atoms with Gasteiger partial charge in [-0.1, -0.05) is 30.3 Å². The third kappa shape index (κ3) is 3.21. The zero-order valence-corrected chi connectivity index (χ0v) is 14.6. The molecule has 1 saturated heterocycles. The Hall–Kier alpha value is -2.49. The van der Waals surface area contributed by atoms with Gasteiger partial charge in [-0.3, -0.25) is 4.79 Å². The first-order valence-corrected chi connectivity index (χ1v) is 9.08. The lowest BCUT2D eigenvalue weighted by Crippen LogP contribution is -2.53. The summed E-state index contributed by atoms with van der Waals surface area (Å²) in [7, 11) is 0. The number of hydrogen-bond donors (Lipinski definition) is 0. The van der Waals surface area contributed by atoms with E-state index >= 15 is 0 Å². The quantitative estimate of drug-likeness (QED) is 0.861. The van der Waals surface area contributed by atoms with Gasteiger partial charge in [-0.15, -0.1) is 0 Å². The van der Waals surface area contributed by atoms with Gasteiger partial charge in [0.2, 0.25) is 5.91 Å². The van der Waals surface area contributed by atoms with E-state index < -0.39 is 0 Å². The molecule has 2 heterocycles. The van der Waals surface area contributed by atoms with E-state index in [2.05, 4.69) is 29.2 Å². The first kappa shape index (κ1) is 16.0. The average Bonchev–Trinajstić information content (AvgIpc) is 3.01. The van der Waals surface area contributed by atoms with E-state index in [9.17, 15) is 4.79 Å². The molecule has 2 aliphatic heterocycles. The van der Waals surface area contributed by atoms with E-state index in [1.807, 2.05) is 36.1 Å². The summed E-state index contributed by atoms with van der Waals surface area (Å²) in [5, 5.41) is 0. The lowest BCUT2D eigenvalue weighted by molar-refractivity contribution is -0.131. The summed E-state index contributed by atoms with van der Waals surface area (Å²) in [6, 6.07) is 16.9. The fourth-order valence-corrected chi connectivity index (χ4v) is 3.95. The van der Waals surface area contributed by atoms with Crippen molar-refractivity contribution in [2.45, 2.75) is 25.8 Å². The van der Waals surface area contributed by atoms with Gasteiger partial charge < -0.3 is 14.5 Å². The molecule has 0 spiro atoms. The summed E-state index contributed by atoms with van der Waals surface area (Å²) in [5.41, 5.74) is 3.81. The van der Waals surface area contributed by atoms with Gasteiger partial charge in [0, 0.05) is 25.3 Å². The molecule has 25 heavy (non-hydrogen) atoms.